The number of Topliss-reactive ketones (excluding diaryl/α,β-unsaturated/α-hetero) is 1. The highest BCUT2D eigenvalue weighted by Gasteiger charge is 2.44. The smallest absolute Gasteiger partial charge is 0.338 e. The van der Waals surface area contributed by atoms with Crippen molar-refractivity contribution in [2.24, 2.45) is 0 Å². The van der Waals surface area contributed by atoms with Gasteiger partial charge in [-0.05, 0) is 31.9 Å². The fourth-order valence-corrected chi connectivity index (χ4v) is 1.81. The predicted molar refractivity (Wildman–Crippen MR) is 66.5 cm³/mol. The van der Waals surface area contributed by atoms with Crippen LogP contribution in [0.3, 0.4) is 0 Å². The molecule has 0 bridgehead atoms. The van der Waals surface area contributed by atoms with Crippen molar-refractivity contribution >= 4 is 5.78 Å². The van der Waals surface area contributed by atoms with Gasteiger partial charge in [-0.2, -0.15) is 18.2 Å². The van der Waals surface area contributed by atoms with Crippen LogP contribution in [0.2, 0.25) is 0 Å². The van der Waals surface area contributed by atoms with E-state index in [1.807, 2.05) is 13.0 Å². The lowest BCUT2D eigenvalue weighted by Gasteiger charge is -2.08. The van der Waals surface area contributed by atoms with Gasteiger partial charge in [0.15, 0.2) is 0 Å². The quantitative estimate of drug-likeness (QED) is 0.871. The van der Waals surface area contributed by atoms with Gasteiger partial charge in [-0.15, -0.1) is 0 Å². The number of alkyl halides is 3. The second kappa shape index (κ2) is 5.27. The molecule has 8 heteroatoms. The van der Waals surface area contributed by atoms with Crippen LogP contribution in [0.5, 0.6) is 0 Å². The molecule has 21 heavy (non-hydrogen) atoms. The standard InChI is InChI=1S/C13H12F3N3O2/c1-6-4-7(2)9(17-5-6)11-18-12(21-19-11)8(3)10(20)13(14,15)16/h4-5,8H,1-3H3. The average molecular weight is 299 g/mol. The number of hydrogen-bond donors (Lipinski definition) is 0. The summed E-state index contributed by atoms with van der Waals surface area (Å²) in [5, 5.41) is 3.59. The highest BCUT2D eigenvalue weighted by Crippen LogP contribution is 2.28. The number of ketones is 1. The van der Waals surface area contributed by atoms with E-state index in [0.29, 0.717) is 5.69 Å². The van der Waals surface area contributed by atoms with Gasteiger partial charge >= 0.3 is 6.18 Å². The highest BCUT2D eigenvalue weighted by molar-refractivity contribution is 5.89. The average Bonchev–Trinajstić information content (AvgIpc) is 2.85. The third kappa shape index (κ3) is 3.09. The molecule has 0 saturated carbocycles. The van der Waals surface area contributed by atoms with Gasteiger partial charge in [0.2, 0.25) is 17.5 Å². The van der Waals surface area contributed by atoms with Gasteiger partial charge in [0.25, 0.3) is 0 Å². The SMILES string of the molecule is Cc1cnc(-c2noc(C(C)C(=O)C(F)(F)F)n2)c(C)c1. The van der Waals surface area contributed by atoms with Crippen LogP contribution < -0.4 is 0 Å². The predicted octanol–water partition coefficient (Wildman–Crippen LogP) is 2.98. The van der Waals surface area contributed by atoms with Gasteiger partial charge in [-0.1, -0.05) is 11.2 Å². The van der Waals surface area contributed by atoms with Crippen molar-refractivity contribution in [1.29, 1.82) is 0 Å². The Balaban J connectivity index is 2.32. The van der Waals surface area contributed by atoms with E-state index in [1.54, 1.807) is 13.1 Å². The van der Waals surface area contributed by atoms with Gasteiger partial charge in [0.1, 0.15) is 11.6 Å². The molecule has 0 N–H and O–H groups in total. The van der Waals surface area contributed by atoms with E-state index >= 15 is 0 Å². The number of aromatic nitrogens is 3. The van der Waals surface area contributed by atoms with Crippen molar-refractivity contribution in [3.05, 3.63) is 29.3 Å². The van der Waals surface area contributed by atoms with Crippen LogP contribution in [-0.2, 0) is 4.79 Å². The molecule has 0 aromatic carbocycles. The molecular weight excluding hydrogens is 287 g/mol. The zero-order chi connectivity index (χ0) is 15.8. The minimum absolute atomic E-state index is 0.0596. The third-order valence-corrected chi connectivity index (χ3v) is 2.91. The van der Waals surface area contributed by atoms with Crippen molar-refractivity contribution < 1.29 is 22.5 Å². The summed E-state index contributed by atoms with van der Waals surface area (Å²) in [5.74, 6) is -3.79. The second-order valence-corrected chi connectivity index (χ2v) is 4.72. The molecule has 0 saturated heterocycles. The van der Waals surface area contributed by atoms with Gasteiger partial charge in [0, 0.05) is 6.20 Å². The Hall–Kier alpha value is -2.25. The number of nitrogens with zero attached hydrogens (tertiary/aromatic N) is 3. The summed E-state index contributed by atoms with van der Waals surface area (Å²) in [6, 6.07) is 1.84. The second-order valence-electron chi connectivity index (χ2n) is 4.72. The van der Waals surface area contributed by atoms with Crippen molar-refractivity contribution in [3.63, 3.8) is 0 Å². The van der Waals surface area contributed by atoms with Crippen molar-refractivity contribution in [2.45, 2.75) is 32.9 Å². The molecule has 0 radical (unpaired) electrons. The molecule has 1 unspecified atom stereocenters. The fourth-order valence-electron chi connectivity index (χ4n) is 1.81. The molecule has 2 heterocycles. The Kier molecular flexibility index (Phi) is 3.80. The van der Waals surface area contributed by atoms with Crippen LogP contribution in [0.25, 0.3) is 11.5 Å². The van der Waals surface area contributed by atoms with E-state index in [2.05, 4.69) is 15.1 Å². The zero-order valence-electron chi connectivity index (χ0n) is 11.5. The lowest BCUT2D eigenvalue weighted by Crippen LogP contribution is -2.27. The Morgan fingerprint density at radius 2 is 2.00 bits per heavy atom. The molecular formula is C13H12F3N3O2. The first-order valence-electron chi connectivity index (χ1n) is 6.08. The summed E-state index contributed by atoms with van der Waals surface area (Å²) >= 11 is 0. The van der Waals surface area contributed by atoms with Crippen LogP contribution in [0, 0.1) is 13.8 Å². The molecule has 0 aliphatic carbocycles. The molecule has 2 rings (SSSR count). The normalized spacial score (nSPS) is 13.2. The minimum atomic E-state index is -4.94. The fraction of sp³-hybridized carbons (Fsp3) is 0.385. The topological polar surface area (TPSA) is 68.9 Å². The minimum Gasteiger partial charge on any atom is -0.338 e. The van der Waals surface area contributed by atoms with E-state index in [1.165, 1.54) is 0 Å². The molecule has 2 aromatic heterocycles. The molecule has 112 valence electrons. The number of rotatable bonds is 3. The summed E-state index contributed by atoms with van der Waals surface area (Å²) in [6.07, 6.45) is -3.35. The summed E-state index contributed by atoms with van der Waals surface area (Å²) in [7, 11) is 0. The highest BCUT2D eigenvalue weighted by atomic mass is 19.4. The monoisotopic (exact) mass is 299 g/mol. The van der Waals surface area contributed by atoms with Crippen molar-refractivity contribution in [2.75, 3.05) is 0 Å². The van der Waals surface area contributed by atoms with Gasteiger partial charge in [-0.25, -0.2) is 0 Å². The number of carbonyl (C=O) groups is 1. The number of hydrogen-bond acceptors (Lipinski definition) is 5. The lowest BCUT2D eigenvalue weighted by atomic mass is 10.1. The maximum atomic E-state index is 12.4. The zero-order valence-corrected chi connectivity index (χ0v) is 11.5. The van der Waals surface area contributed by atoms with E-state index in [0.717, 1.165) is 18.1 Å². The first-order valence-corrected chi connectivity index (χ1v) is 6.08. The van der Waals surface area contributed by atoms with E-state index < -0.39 is 17.9 Å². The van der Waals surface area contributed by atoms with Crippen LogP contribution in [0.4, 0.5) is 13.2 Å². The molecule has 0 aliphatic rings. The molecule has 0 amide bonds. The summed E-state index contributed by atoms with van der Waals surface area (Å²) in [4.78, 5) is 19.1. The Morgan fingerprint density at radius 1 is 1.33 bits per heavy atom. The van der Waals surface area contributed by atoms with Gasteiger partial charge in [-0.3, -0.25) is 9.78 Å². The van der Waals surface area contributed by atoms with E-state index in [4.69, 9.17) is 4.52 Å². The molecule has 0 spiro atoms. The van der Waals surface area contributed by atoms with Crippen LogP contribution in [0.1, 0.15) is 29.9 Å². The van der Waals surface area contributed by atoms with Crippen molar-refractivity contribution in [3.8, 4) is 11.5 Å². The number of aryl methyl sites for hydroxylation is 2. The van der Waals surface area contributed by atoms with Gasteiger partial charge in [0.05, 0.1) is 0 Å². The van der Waals surface area contributed by atoms with Crippen LogP contribution in [-0.4, -0.2) is 27.1 Å². The largest absolute Gasteiger partial charge is 0.450 e. The molecule has 1 atom stereocenters. The summed E-state index contributed by atoms with van der Waals surface area (Å²) in [5.41, 5.74) is 2.10. The Morgan fingerprint density at radius 3 is 2.57 bits per heavy atom. The molecule has 0 aliphatic heterocycles. The molecule has 2 aromatic rings. The Labute approximate surface area is 118 Å². The maximum Gasteiger partial charge on any atom is 0.450 e. The summed E-state index contributed by atoms with van der Waals surface area (Å²) in [6.45, 7) is 4.70. The van der Waals surface area contributed by atoms with E-state index in [9.17, 15) is 18.0 Å². The molecule has 5 nitrogen and oxygen atoms in total. The van der Waals surface area contributed by atoms with Crippen LogP contribution >= 0.6 is 0 Å². The first-order chi connectivity index (χ1) is 9.70. The molecule has 0 fully saturated rings. The van der Waals surface area contributed by atoms with Crippen molar-refractivity contribution in [1.82, 2.24) is 15.1 Å². The number of pyridine rings is 1. The van der Waals surface area contributed by atoms with Gasteiger partial charge < -0.3 is 4.52 Å². The number of halogens is 3. The van der Waals surface area contributed by atoms with E-state index in [-0.39, 0.29) is 11.7 Å². The lowest BCUT2D eigenvalue weighted by molar-refractivity contribution is -0.172. The number of carbonyl (C=O) groups excluding carboxylic acids is 1. The Bertz CT molecular complexity index is 680. The maximum absolute atomic E-state index is 12.4. The van der Waals surface area contributed by atoms with Crippen LogP contribution in [0.15, 0.2) is 16.8 Å². The third-order valence-electron chi connectivity index (χ3n) is 2.91. The first kappa shape index (κ1) is 15.1. The summed E-state index contributed by atoms with van der Waals surface area (Å²) < 4.78 is 41.9.